The van der Waals surface area contributed by atoms with Crippen LogP contribution in [-0.2, 0) is 10.0 Å². The number of aromatic nitrogens is 1. The molecule has 0 spiro atoms. The Labute approximate surface area is 144 Å². The summed E-state index contributed by atoms with van der Waals surface area (Å²) in [5, 5.41) is 13.1. The van der Waals surface area contributed by atoms with Gasteiger partial charge in [-0.25, -0.2) is 17.9 Å². The molecule has 0 radical (unpaired) electrons. The van der Waals surface area contributed by atoms with Crippen molar-refractivity contribution >= 4 is 27.6 Å². The Balaban J connectivity index is 2.45. The number of nitrogens with one attached hydrogen (secondary N) is 1. The van der Waals surface area contributed by atoms with Crippen molar-refractivity contribution < 1.29 is 22.8 Å². The molecule has 0 aliphatic heterocycles. The summed E-state index contributed by atoms with van der Waals surface area (Å²) in [5.41, 5.74) is 0.437. The first-order chi connectivity index (χ1) is 11.1. The third kappa shape index (κ3) is 3.77. The van der Waals surface area contributed by atoms with Crippen LogP contribution in [0.15, 0.2) is 28.8 Å². The van der Waals surface area contributed by atoms with Crippen LogP contribution in [0.5, 0.6) is 0 Å². The smallest absolute Gasteiger partial charge is 0.341 e. The summed E-state index contributed by atoms with van der Waals surface area (Å²) < 4.78 is 31.5. The van der Waals surface area contributed by atoms with Gasteiger partial charge in [0, 0.05) is 10.6 Å². The van der Waals surface area contributed by atoms with Gasteiger partial charge in [0.2, 0.25) is 10.0 Å². The van der Waals surface area contributed by atoms with Crippen molar-refractivity contribution in [1.82, 2.24) is 9.88 Å². The molecular weight excluding hydrogens is 356 g/mol. The number of carboxylic acids is 1. The van der Waals surface area contributed by atoms with E-state index in [9.17, 15) is 18.3 Å². The number of carboxylic acid groups (broad SMARTS) is 1. The van der Waals surface area contributed by atoms with Gasteiger partial charge in [0.1, 0.15) is 11.3 Å². The third-order valence-electron chi connectivity index (χ3n) is 3.40. The van der Waals surface area contributed by atoms with Gasteiger partial charge in [-0.2, -0.15) is 0 Å². The lowest BCUT2D eigenvalue weighted by Crippen LogP contribution is -2.33. The molecule has 1 aromatic heterocycles. The second kappa shape index (κ2) is 6.92. The molecular formula is C15H17ClN2O5S. The Morgan fingerprint density at radius 2 is 1.83 bits per heavy atom. The molecule has 7 nitrogen and oxygen atoms in total. The predicted molar refractivity (Wildman–Crippen MR) is 89.5 cm³/mol. The average Bonchev–Trinajstić information content (AvgIpc) is 2.92. The van der Waals surface area contributed by atoms with E-state index < -0.39 is 27.3 Å². The van der Waals surface area contributed by atoms with Gasteiger partial charge in [0.05, 0.1) is 11.3 Å². The Hall–Kier alpha value is -1.90. The number of rotatable bonds is 6. The molecule has 2 rings (SSSR count). The van der Waals surface area contributed by atoms with Crippen LogP contribution in [0.1, 0.15) is 42.9 Å². The van der Waals surface area contributed by atoms with Crippen molar-refractivity contribution in [1.29, 1.82) is 0 Å². The highest BCUT2D eigenvalue weighted by Gasteiger charge is 2.30. The van der Waals surface area contributed by atoms with E-state index in [1.54, 1.807) is 24.3 Å². The molecule has 24 heavy (non-hydrogen) atoms. The molecule has 0 bridgehead atoms. The standard InChI is InChI=1S/C15H17ClN2O5S/c1-8(2)24(21,22)18-9(3)14-12(15(19)20)13(17-23-14)10-4-6-11(16)7-5-10/h4-9,18H,1-3H3,(H,19,20)/t9-/m1/s1. The summed E-state index contributed by atoms with van der Waals surface area (Å²) in [6.07, 6.45) is 0. The van der Waals surface area contributed by atoms with Crippen LogP contribution in [0.4, 0.5) is 0 Å². The molecule has 1 atom stereocenters. The van der Waals surface area contributed by atoms with Crippen molar-refractivity contribution in [3.63, 3.8) is 0 Å². The molecule has 1 heterocycles. The van der Waals surface area contributed by atoms with Gasteiger partial charge in [0.15, 0.2) is 5.76 Å². The summed E-state index contributed by atoms with van der Waals surface area (Å²) in [6.45, 7) is 4.54. The molecule has 9 heteroatoms. The van der Waals surface area contributed by atoms with Gasteiger partial charge in [-0.15, -0.1) is 0 Å². The van der Waals surface area contributed by atoms with Crippen molar-refractivity contribution in [2.75, 3.05) is 0 Å². The number of aromatic carboxylic acids is 1. The minimum atomic E-state index is -3.60. The molecule has 130 valence electrons. The maximum absolute atomic E-state index is 12.0. The van der Waals surface area contributed by atoms with Gasteiger partial charge in [-0.1, -0.05) is 28.9 Å². The lowest BCUT2D eigenvalue weighted by molar-refractivity contribution is 0.0694. The van der Waals surface area contributed by atoms with Crippen LogP contribution in [0, 0.1) is 0 Å². The molecule has 0 amide bonds. The second-order valence-electron chi connectivity index (χ2n) is 5.52. The van der Waals surface area contributed by atoms with E-state index >= 15 is 0 Å². The highest BCUT2D eigenvalue weighted by Crippen LogP contribution is 2.30. The normalized spacial score (nSPS) is 13.2. The number of hydrogen-bond donors (Lipinski definition) is 2. The molecule has 1 aromatic carbocycles. The van der Waals surface area contributed by atoms with Crippen LogP contribution in [0.2, 0.25) is 5.02 Å². The van der Waals surface area contributed by atoms with E-state index in [-0.39, 0.29) is 17.0 Å². The molecule has 2 N–H and O–H groups in total. The maximum atomic E-state index is 12.0. The lowest BCUT2D eigenvalue weighted by Gasteiger charge is -2.14. The Morgan fingerprint density at radius 3 is 2.33 bits per heavy atom. The zero-order chi connectivity index (χ0) is 18.1. The van der Waals surface area contributed by atoms with Crippen LogP contribution in [0.3, 0.4) is 0 Å². The molecule has 0 fully saturated rings. The fourth-order valence-electron chi connectivity index (χ4n) is 2.05. The average molecular weight is 373 g/mol. The predicted octanol–water partition coefficient (Wildman–Crippen LogP) is 3.08. The number of nitrogens with zero attached hydrogens (tertiary/aromatic N) is 1. The van der Waals surface area contributed by atoms with E-state index in [1.807, 2.05) is 0 Å². The number of carbonyl (C=O) groups is 1. The number of halogens is 1. The highest BCUT2D eigenvalue weighted by molar-refractivity contribution is 7.90. The summed E-state index contributed by atoms with van der Waals surface area (Å²) in [5.74, 6) is -1.32. The SMILES string of the molecule is CC(C)S(=O)(=O)N[C@H](C)c1onc(-c2ccc(Cl)cc2)c1C(=O)O. The van der Waals surface area contributed by atoms with E-state index in [0.717, 1.165) is 0 Å². The molecule has 2 aromatic rings. The van der Waals surface area contributed by atoms with Gasteiger partial charge >= 0.3 is 5.97 Å². The molecule has 0 saturated heterocycles. The fourth-order valence-corrected chi connectivity index (χ4v) is 3.04. The van der Waals surface area contributed by atoms with E-state index in [0.29, 0.717) is 10.6 Å². The van der Waals surface area contributed by atoms with Crippen LogP contribution in [0.25, 0.3) is 11.3 Å². The minimum absolute atomic E-state index is 0.0586. The molecule has 0 aliphatic rings. The molecule has 0 aliphatic carbocycles. The van der Waals surface area contributed by atoms with Gasteiger partial charge in [-0.3, -0.25) is 0 Å². The first-order valence-corrected chi connectivity index (χ1v) is 9.06. The number of hydrogen-bond acceptors (Lipinski definition) is 5. The largest absolute Gasteiger partial charge is 0.477 e. The minimum Gasteiger partial charge on any atom is -0.477 e. The van der Waals surface area contributed by atoms with Crippen LogP contribution >= 0.6 is 11.6 Å². The van der Waals surface area contributed by atoms with Gasteiger partial charge in [-0.05, 0) is 32.9 Å². The summed E-state index contributed by atoms with van der Waals surface area (Å²) >= 11 is 5.82. The Bertz CT molecular complexity index is 843. The topological polar surface area (TPSA) is 110 Å². The van der Waals surface area contributed by atoms with Crippen LogP contribution < -0.4 is 4.72 Å². The molecule has 0 unspecified atom stereocenters. The third-order valence-corrected chi connectivity index (χ3v) is 5.58. The highest BCUT2D eigenvalue weighted by atomic mass is 35.5. The summed E-state index contributed by atoms with van der Waals surface area (Å²) in [6, 6.07) is 5.54. The van der Waals surface area contributed by atoms with Crippen LogP contribution in [-0.4, -0.2) is 29.9 Å². The summed E-state index contributed by atoms with van der Waals surface area (Å²) in [7, 11) is -3.60. The van der Waals surface area contributed by atoms with Crippen molar-refractivity contribution in [3.05, 3.63) is 40.6 Å². The first-order valence-electron chi connectivity index (χ1n) is 7.13. The van der Waals surface area contributed by atoms with E-state index in [1.165, 1.54) is 20.8 Å². The zero-order valence-corrected chi connectivity index (χ0v) is 14.9. The second-order valence-corrected chi connectivity index (χ2v) is 8.22. The number of sulfonamides is 1. The maximum Gasteiger partial charge on any atom is 0.341 e. The number of benzene rings is 1. The fraction of sp³-hybridized carbons (Fsp3) is 0.333. The van der Waals surface area contributed by atoms with Crippen molar-refractivity contribution in [3.8, 4) is 11.3 Å². The van der Waals surface area contributed by atoms with Crippen molar-refractivity contribution in [2.24, 2.45) is 0 Å². The summed E-state index contributed by atoms with van der Waals surface area (Å²) in [4.78, 5) is 11.6. The Morgan fingerprint density at radius 1 is 1.25 bits per heavy atom. The first kappa shape index (κ1) is 18.4. The van der Waals surface area contributed by atoms with Gasteiger partial charge in [0.25, 0.3) is 0 Å². The van der Waals surface area contributed by atoms with E-state index in [2.05, 4.69) is 9.88 Å². The quantitative estimate of drug-likeness (QED) is 0.806. The lowest BCUT2D eigenvalue weighted by atomic mass is 10.0. The van der Waals surface area contributed by atoms with Crippen molar-refractivity contribution in [2.45, 2.75) is 32.1 Å². The van der Waals surface area contributed by atoms with E-state index in [4.69, 9.17) is 16.1 Å². The zero-order valence-electron chi connectivity index (χ0n) is 13.3. The monoisotopic (exact) mass is 372 g/mol. The van der Waals surface area contributed by atoms with Gasteiger partial charge < -0.3 is 9.63 Å². The molecule has 0 saturated carbocycles. The Kier molecular flexibility index (Phi) is 5.32.